The summed E-state index contributed by atoms with van der Waals surface area (Å²) >= 11 is 9.16. The van der Waals surface area contributed by atoms with E-state index in [1.165, 1.54) is 14.1 Å². The Labute approximate surface area is 126 Å². The van der Waals surface area contributed by atoms with Crippen molar-refractivity contribution in [3.05, 3.63) is 33.3 Å². The van der Waals surface area contributed by atoms with Crippen molar-refractivity contribution in [2.24, 2.45) is 0 Å². The van der Waals surface area contributed by atoms with E-state index in [1.807, 2.05) is 6.07 Å². The molecule has 5 nitrogen and oxygen atoms in total. The third kappa shape index (κ3) is 4.16. The van der Waals surface area contributed by atoms with E-state index in [9.17, 15) is 8.42 Å². The third-order valence-corrected chi connectivity index (χ3v) is 5.20. The number of nitriles is 1. The second-order valence-corrected chi connectivity index (χ2v) is 7.39. The summed E-state index contributed by atoms with van der Waals surface area (Å²) < 4.78 is 27.0. The molecule has 0 aliphatic heterocycles. The standard InChI is InChI=1S/C11H13BrClN3O2S/c1-15(2)19(17,18)16(6-5-14)8-9-3-4-10(13)7-11(9)12/h3-4,7H,6,8H2,1-2H3. The van der Waals surface area contributed by atoms with Crippen LogP contribution in [0.4, 0.5) is 0 Å². The molecule has 0 saturated carbocycles. The van der Waals surface area contributed by atoms with Crippen molar-refractivity contribution in [1.29, 1.82) is 5.26 Å². The van der Waals surface area contributed by atoms with E-state index in [1.54, 1.807) is 18.2 Å². The monoisotopic (exact) mass is 365 g/mol. The van der Waals surface area contributed by atoms with Gasteiger partial charge in [-0.15, -0.1) is 0 Å². The van der Waals surface area contributed by atoms with Gasteiger partial charge in [0.25, 0.3) is 10.2 Å². The summed E-state index contributed by atoms with van der Waals surface area (Å²) in [5, 5.41) is 9.32. The fourth-order valence-electron chi connectivity index (χ4n) is 1.37. The molecule has 8 heteroatoms. The largest absolute Gasteiger partial charge is 0.282 e. The van der Waals surface area contributed by atoms with Crippen LogP contribution in [0, 0.1) is 11.3 Å². The van der Waals surface area contributed by atoms with E-state index in [0.717, 1.165) is 14.2 Å². The Bertz CT molecular complexity index is 598. The average molecular weight is 367 g/mol. The van der Waals surface area contributed by atoms with Gasteiger partial charge in [-0.25, -0.2) is 0 Å². The van der Waals surface area contributed by atoms with Crippen LogP contribution in [0.1, 0.15) is 5.56 Å². The Hall–Kier alpha value is -0.650. The van der Waals surface area contributed by atoms with E-state index in [0.29, 0.717) is 9.50 Å². The smallest absolute Gasteiger partial charge is 0.197 e. The quantitative estimate of drug-likeness (QED) is 0.751. The van der Waals surface area contributed by atoms with E-state index in [2.05, 4.69) is 15.9 Å². The molecule has 1 aromatic rings. The molecule has 0 unspecified atom stereocenters. The van der Waals surface area contributed by atoms with Crippen LogP contribution in [0.5, 0.6) is 0 Å². The highest BCUT2D eigenvalue weighted by atomic mass is 79.9. The zero-order valence-corrected chi connectivity index (χ0v) is 13.6. The molecule has 0 N–H and O–H groups in total. The lowest BCUT2D eigenvalue weighted by molar-refractivity contribution is 0.395. The van der Waals surface area contributed by atoms with E-state index in [4.69, 9.17) is 16.9 Å². The summed E-state index contributed by atoms with van der Waals surface area (Å²) in [7, 11) is -0.781. The first-order valence-corrected chi connectivity index (χ1v) is 7.84. The number of nitrogens with zero attached hydrogens (tertiary/aromatic N) is 3. The van der Waals surface area contributed by atoms with Crippen molar-refractivity contribution in [1.82, 2.24) is 8.61 Å². The molecule has 1 aromatic carbocycles. The van der Waals surface area contributed by atoms with Crippen molar-refractivity contribution in [2.45, 2.75) is 6.54 Å². The summed E-state index contributed by atoms with van der Waals surface area (Å²) in [6.45, 7) is -0.110. The molecule has 1 rings (SSSR count). The lowest BCUT2D eigenvalue weighted by atomic mass is 10.2. The predicted molar refractivity (Wildman–Crippen MR) is 77.8 cm³/mol. The van der Waals surface area contributed by atoms with Crippen LogP contribution in [0.2, 0.25) is 5.02 Å². The molecule has 0 aliphatic rings. The Morgan fingerprint density at radius 3 is 2.53 bits per heavy atom. The summed E-state index contributed by atoms with van der Waals surface area (Å²) in [5.41, 5.74) is 0.741. The van der Waals surface area contributed by atoms with Crippen LogP contribution in [-0.2, 0) is 16.8 Å². The highest BCUT2D eigenvalue weighted by molar-refractivity contribution is 9.10. The maximum Gasteiger partial charge on any atom is 0.282 e. The number of hydrogen-bond acceptors (Lipinski definition) is 3. The molecule has 0 heterocycles. The Morgan fingerprint density at radius 1 is 1.42 bits per heavy atom. The van der Waals surface area contributed by atoms with Crippen molar-refractivity contribution in [3.8, 4) is 6.07 Å². The predicted octanol–water partition coefficient (Wildman–Crippen LogP) is 2.23. The fourth-order valence-corrected chi connectivity index (χ4v) is 3.16. The SMILES string of the molecule is CN(C)S(=O)(=O)N(CC#N)Cc1ccc(Cl)cc1Br. The number of benzene rings is 1. The van der Waals surface area contributed by atoms with E-state index in [-0.39, 0.29) is 13.1 Å². The molecule has 0 fully saturated rings. The van der Waals surface area contributed by atoms with Crippen LogP contribution in [0.25, 0.3) is 0 Å². The van der Waals surface area contributed by atoms with Gasteiger partial charge in [0, 0.05) is 30.1 Å². The van der Waals surface area contributed by atoms with Gasteiger partial charge in [-0.1, -0.05) is 33.6 Å². The first kappa shape index (κ1) is 16.4. The van der Waals surface area contributed by atoms with Crippen molar-refractivity contribution in [3.63, 3.8) is 0 Å². The number of rotatable bonds is 5. The first-order chi connectivity index (χ1) is 8.78. The highest BCUT2D eigenvalue weighted by Crippen LogP contribution is 2.23. The summed E-state index contributed by atoms with van der Waals surface area (Å²) in [6.07, 6.45) is 0. The zero-order valence-electron chi connectivity index (χ0n) is 10.5. The molecule has 19 heavy (non-hydrogen) atoms. The zero-order chi connectivity index (χ0) is 14.6. The Morgan fingerprint density at radius 2 is 2.05 bits per heavy atom. The van der Waals surface area contributed by atoms with Gasteiger partial charge in [-0.3, -0.25) is 0 Å². The molecule has 0 atom stereocenters. The molecule has 0 aromatic heterocycles. The lowest BCUT2D eigenvalue weighted by Crippen LogP contribution is -2.39. The van der Waals surface area contributed by atoms with E-state index < -0.39 is 10.2 Å². The van der Waals surface area contributed by atoms with Crippen molar-refractivity contribution >= 4 is 37.7 Å². The van der Waals surface area contributed by atoms with Gasteiger partial charge in [-0.05, 0) is 17.7 Å². The molecule has 0 bridgehead atoms. The van der Waals surface area contributed by atoms with E-state index >= 15 is 0 Å². The molecule has 104 valence electrons. The van der Waals surface area contributed by atoms with Crippen molar-refractivity contribution in [2.75, 3.05) is 20.6 Å². The average Bonchev–Trinajstić information content (AvgIpc) is 2.31. The molecular weight excluding hydrogens is 354 g/mol. The van der Waals surface area contributed by atoms with Gasteiger partial charge >= 0.3 is 0 Å². The Balaban J connectivity index is 3.07. The summed E-state index contributed by atoms with van der Waals surface area (Å²) in [5.74, 6) is 0. The van der Waals surface area contributed by atoms with Crippen molar-refractivity contribution < 1.29 is 8.42 Å². The molecule has 0 saturated heterocycles. The van der Waals surface area contributed by atoms with Crippen LogP contribution in [-0.4, -0.2) is 37.7 Å². The second-order valence-electron chi connectivity index (χ2n) is 3.95. The topological polar surface area (TPSA) is 64.4 Å². The molecule has 0 spiro atoms. The lowest BCUT2D eigenvalue weighted by Gasteiger charge is -2.23. The maximum atomic E-state index is 12.1. The molecule has 0 radical (unpaired) electrons. The summed E-state index contributed by atoms with van der Waals surface area (Å²) in [4.78, 5) is 0. The van der Waals surface area contributed by atoms with Crippen LogP contribution in [0.3, 0.4) is 0 Å². The molecular formula is C11H13BrClN3O2S. The molecule has 0 aliphatic carbocycles. The van der Waals surface area contributed by atoms with Gasteiger partial charge in [0.1, 0.15) is 6.54 Å². The first-order valence-electron chi connectivity index (χ1n) is 5.27. The normalized spacial score (nSPS) is 11.8. The number of hydrogen-bond donors (Lipinski definition) is 0. The summed E-state index contributed by atoms with van der Waals surface area (Å²) in [6, 6.07) is 6.94. The minimum atomic E-state index is -3.64. The third-order valence-electron chi connectivity index (χ3n) is 2.40. The van der Waals surface area contributed by atoms with Gasteiger partial charge in [0.05, 0.1) is 6.07 Å². The highest BCUT2D eigenvalue weighted by Gasteiger charge is 2.25. The fraction of sp³-hybridized carbons (Fsp3) is 0.364. The van der Waals surface area contributed by atoms with Gasteiger partial charge in [-0.2, -0.15) is 22.3 Å². The van der Waals surface area contributed by atoms with Gasteiger partial charge in [0.15, 0.2) is 0 Å². The van der Waals surface area contributed by atoms with Gasteiger partial charge in [0.2, 0.25) is 0 Å². The van der Waals surface area contributed by atoms with Crippen LogP contribution in [0.15, 0.2) is 22.7 Å². The Kier molecular flexibility index (Phi) is 5.77. The van der Waals surface area contributed by atoms with Gasteiger partial charge < -0.3 is 0 Å². The minimum Gasteiger partial charge on any atom is -0.197 e. The maximum absolute atomic E-state index is 12.1. The minimum absolute atomic E-state index is 0.103. The molecule has 0 amide bonds. The van der Waals surface area contributed by atoms with Crippen LogP contribution >= 0.6 is 27.5 Å². The number of halogens is 2. The second kappa shape index (κ2) is 6.68. The van der Waals surface area contributed by atoms with Crippen LogP contribution < -0.4 is 0 Å².